The van der Waals surface area contributed by atoms with Crippen molar-refractivity contribution in [1.82, 2.24) is 0 Å². The molecule has 4 heteroatoms. The second-order valence-electron chi connectivity index (χ2n) is 5.57. The summed E-state index contributed by atoms with van der Waals surface area (Å²) in [4.78, 5) is 2.16. The number of hydrogen-bond acceptors (Lipinski definition) is 4. The molecule has 1 aliphatic rings. The number of rotatable bonds is 3. The van der Waals surface area contributed by atoms with E-state index in [-0.39, 0.29) is 12.3 Å². The molecule has 4 nitrogen and oxygen atoms in total. The Morgan fingerprint density at radius 3 is 2.48 bits per heavy atom. The molecule has 0 bridgehead atoms. The van der Waals surface area contributed by atoms with Gasteiger partial charge in [-0.05, 0) is 36.8 Å². The number of ether oxygens (including phenoxy) is 1. The Kier molecular flexibility index (Phi) is 4.28. The Bertz CT molecular complexity index is 722. The van der Waals surface area contributed by atoms with Crippen molar-refractivity contribution in [3.8, 4) is 12.1 Å². The first-order valence-corrected chi connectivity index (χ1v) is 7.67. The van der Waals surface area contributed by atoms with E-state index in [1.165, 1.54) is 0 Å². The lowest BCUT2D eigenvalue weighted by molar-refractivity contribution is 0.0462. The standard InChI is InChI=1S/C19H17N3O/c1-2-18-13-22(17-8-4-6-15(10-17)12-21)19(23-18)16-7-3-5-14(9-16)11-20/h3-10,18-19H,2,13H2,1H3. The molecule has 0 saturated carbocycles. The second kappa shape index (κ2) is 6.52. The van der Waals surface area contributed by atoms with Crippen molar-refractivity contribution in [2.75, 3.05) is 11.4 Å². The van der Waals surface area contributed by atoms with Gasteiger partial charge in [0.05, 0.1) is 29.4 Å². The maximum absolute atomic E-state index is 9.12. The Hall–Kier alpha value is -2.82. The Labute approximate surface area is 136 Å². The van der Waals surface area contributed by atoms with E-state index >= 15 is 0 Å². The lowest BCUT2D eigenvalue weighted by atomic mass is 10.1. The van der Waals surface area contributed by atoms with Gasteiger partial charge >= 0.3 is 0 Å². The summed E-state index contributed by atoms with van der Waals surface area (Å²) >= 11 is 0. The fourth-order valence-corrected chi connectivity index (χ4v) is 2.85. The van der Waals surface area contributed by atoms with E-state index in [0.29, 0.717) is 11.1 Å². The minimum Gasteiger partial charge on any atom is -0.349 e. The van der Waals surface area contributed by atoms with Gasteiger partial charge < -0.3 is 9.64 Å². The predicted molar refractivity (Wildman–Crippen MR) is 87.6 cm³/mol. The van der Waals surface area contributed by atoms with Crippen LogP contribution < -0.4 is 4.90 Å². The van der Waals surface area contributed by atoms with Crippen molar-refractivity contribution in [3.63, 3.8) is 0 Å². The first kappa shape index (κ1) is 15.1. The van der Waals surface area contributed by atoms with Gasteiger partial charge in [0.15, 0.2) is 6.23 Å². The van der Waals surface area contributed by atoms with Gasteiger partial charge in [-0.15, -0.1) is 0 Å². The van der Waals surface area contributed by atoms with Crippen LogP contribution in [0.15, 0.2) is 48.5 Å². The van der Waals surface area contributed by atoms with E-state index in [9.17, 15) is 0 Å². The molecule has 0 N–H and O–H groups in total. The quantitative estimate of drug-likeness (QED) is 0.866. The first-order chi connectivity index (χ1) is 11.2. The summed E-state index contributed by atoms with van der Waals surface area (Å²) in [5, 5.41) is 18.2. The molecular weight excluding hydrogens is 286 g/mol. The first-order valence-electron chi connectivity index (χ1n) is 7.67. The van der Waals surface area contributed by atoms with Crippen molar-refractivity contribution < 1.29 is 4.74 Å². The fraction of sp³-hybridized carbons (Fsp3) is 0.263. The molecule has 114 valence electrons. The Morgan fingerprint density at radius 1 is 1.09 bits per heavy atom. The molecule has 23 heavy (non-hydrogen) atoms. The van der Waals surface area contributed by atoms with Gasteiger partial charge in [-0.1, -0.05) is 25.1 Å². The molecule has 0 aromatic heterocycles. The molecule has 1 saturated heterocycles. The van der Waals surface area contributed by atoms with Gasteiger partial charge in [-0.2, -0.15) is 10.5 Å². The molecular formula is C19H17N3O. The van der Waals surface area contributed by atoms with Crippen LogP contribution in [-0.2, 0) is 4.74 Å². The van der Waals surface area contributed by atoms with Crippen molar-refractivity contribution in [1.29, 1.82) is 10.5 Å². The number of nitriles is 2. The summed E-state index contributed by atoms with van der Waals surface area (Å²) in [6.07, 6.45) is 0.821. The molecule has 0 amide bonds. The van der Waals surface area contributed by atoms with Crippen LogP contribution in [0.25, 0.3) is 0 Å². The average Bonchev–Trinajstić information content (AvgIpc) is 3.06. The molecule has 0 aliphatic carbocycles. The SMILES string of the molecule is CCC1CN(c2cccc(C#N)c2)C(c2cccc(C#N)c2)O1. The normalized spacial score (nSPS) is 20.0. The van der Waals surface area contributed by atoms with Crippen molar-refractivity contribution in [2.45, 2.75) is 25.7 Å². The number of benzene rings is 2. The minimum atomic E-state index is -0.234. The summed E-state index contributed by atoms with van der Waals surface area (Å²) < 4.78 is 6.17. The van der Waals surface area contributed by atoms with E-state index in [1.54, 1.807) is 12.1 Å². The van der Waals surface area contributed by atoms with E-state index in [0.717, 1.165) is 24.2 Å². The zero-order chi connectivity index (χ0) is 16.2. The van der Waals surface area contributed by atoms with Crippen LogP contribution in [0.1, 0.15) is 36.3 Å². The summed E-state index contributed by atoms with van der Waals surface area (Å²) in [6, 6.07) is 19.4. The minimum absolute atomic E-state index is 0.136. The molecule has 1 fully saturated rings. The van der Waals surface area contributed by atoms with Crippen LogP contribution in [0.3, 0.4) is 0 Å². The molecule has 1 aliphatic heterocycles. The lowest BCUT2D eigenvalue weighted by Gasteiger charge is -2.25. The molecule has 0 spiro atoms. The molecule has 1 heterocycles. The van der Waals surface area contributed by atoms with Gasteiger partial charge in [0.2, 0.25) is 0 Å². The largest absolute Gasteiger partial charge is 0.349 e. The molecule has 2 atom stereocenters. The topological polar surface area (TPSA) is 60.0 Å². The highest BCUT2D eigenvalue weighted by molar-refractivity contribution is 5.54. The summed E-state index contributed by atoms with van der Waals surface area (Å²) in [7, 11) is 0. The van der Waals surface area contributed by atoms with Gasteiger partial charge in [-0.3, -0.25) is 0 Å². The van der Waals surface area contributed by atoms with Crippen LogP contribution in [0.5, 0.6) is 0 Å². The summed E-state index contributed by atoms with van der Waals surface area (Å²) in [6.45, 7) is 2.87. The van der Waals surface area contributed by atoms with Gasteiger partial charge in [0, 0.05) is 17.8 Å². The monoisotopic (exact) mass is 303 g/mol. The highest BCUT2D eigenvalue weighted by Crippen LogP contribution is 2.36. The lowest BCUT2D eigenvalue weighted by Crippen LogP contribution is -2.24. The van der Waals surface area contributed by atoms with E-state index in [1.807, 2.05) is 36.4 Å². The van der Waals surface area contributed by atoms with Crippen LogP contribution in [0.4, 0.5) is 5.69 Å². The molecule has 2 aromatic carbocycles. The Morgan fingerprint density at radius 2 is 1.78 bits per heavy atom. The average molecular weight is 303 g/mol. The van der Waals surface area contributed by atoms with Crippen molar-refractivity contribution >= 4 is 5.69 Å². The maximum Gasteiger partial charge on any atom is 0.157 e. The number of anilines is 1. The molecule has 3 rings (SSSR count). The molecule has 2 aromatic rings. The third-order valence-electron chi connectivity index (χ3n) is 4.07. The van der Waals surface area contributed by atoms with Gasteiger partial charge in [0.25, 0.3) is 0 Å². The zero-order valence-electron chi connectivity index (χ0n) is 12.9. The molecule has 2 unspecified atom stereocenters. The maximum atomic E-state index is 9.12. The Balaban J connectivity index is 1.99. The van der Waals surface area contributed by atoms with Crippen molar-refractivity contribution in [2.24, 2.45) is 0 Å². The van der Waals surface area contributed by atoms with Crippen LogP contribution in [-0.4, -0.2) is 12.6 Å². The fourth-order valence-electron chi connectivity index (χ4n) is 2.85. The van der Waals surface area contributed by atoms with Gasteiger partial charge in [0.1, 0.15) is 0 Å². The zero-order valence-corrected chi connectivity index (χ0v) is 12.9. The highest BCUT2D eigenvalue weighted by atomic mass is 16.5. The van der Waals surface area contributed by atoms with Crippen LogP contribution >= 0.6 is 0 Å². The van der Waals surface area contributed by atoms with Crippen LogP contribution in [0.2, 0.25) is 0 Å². The van der Waals surface area contributed by atoms with Crippen molar-refractivity contribution in [3.05, 3.63) is 65.2 Å². The third-order valence-corrected chi connectivity index (χ3v) is 4.07. The van der Waals surface area contributed by atoms with E-state index in [2.05, 4.69) is 24.0 Å². The summed E-state index contributed by atoms with van der Waals surface area (Å²) in [5.74, 6) is 0. The van der Waals surface area contributed by atoms with E-state index < -0.39 is 0 Å². The second-order valence-corrected chi connectivity index (χ2v) is 5.57. The highest BCUT2D eigenvalue weighted by Gasteiger charge is 2.33. The predicted octanol–water partition coefficient (Wildman–Crippen LogP) is 3.74. The third kappa shape index (κ3) is 3.04. The number of nitrogens with zero attached hydrogens (tertiary/aromatic N) is 3. The van der Waals surface area contributed by atoms with E-state index in [4.69, 9.17) is 15.3 Å². The van der Waals surface area contributed by atoms with Crippen LogP contribution in [0, 0.1) is 22.7 Å². The smallest absolute Gasteiger partial charge is 0.157 e. The van der Waals surface area contributed by atoms with Gasteiger partial charge in [-0.25, -0.2) is 0 Å². The molecule has 0 radical (unpaired) electrons. The summed E-state index contributed by atoms with van der Waals surface area (Å²) in [5.41, 5.74) is 3.18. The number of hydrogen-bond donors (Lipinski definition) is 0.